The van der Waals surface area contributed by atoms with Gasteiger partial charge in [-0.25, -0.2) is 0 Å². The van der Waals surface area contributed by atoms with Crippen LogP contribution in [0.1, 0.15) is 18.9 Å². The molecule has 1 heterocycles. The van der Waals surface area contributed by atoms with Gasteiger partial charge in [0.1, 0.15) is 0 Å². The second-order valence-corrected chi connectivity index (χ2v) is 7.15. The number of hydrogen-bond acceptors (Lipinski definition) is 4. The van der Waals surface area contributed by atoms with Crippen molar-refractivity contribution in [1.29, 1.82) is 0 Å². The van der Waals surface area contributed by atoms with Gasteiger partial charge in [-0.2, -0.15) is 0 Å². The monoisotopic (exact) mass is 383 g/mol. The van der Waals surface area contributed by atoms with Gasteiger partial charge in [-0.05, 0) is 24.6 Å². The van der Waals surface area contributed by atoms with Crippen molar-refractivity contribution in [3.05, 3.63) is 34.9 Å². The molecule has 0 atom stereocenters. The Morgan fingerprint density at radius 3 is 2.64 bits per heavy atom. The van der Waals surface area contributed by atoms with Gasteiger partial charge >= 0.3 is 0 Å². The van der Waals surface area contributed by atoms with E-state index in [1.54, 1.807) is 17.0 Å². The Balaban J connectivity index is 1.75. The molecule has 1 aliphatic heterocycles. The number of hydrogen-bond donors (Lipinski definition) is 1. The lowest BCUT2D eigenvalue weighted by Gasteiger charge is -2.22. The van der Waals surface area contributed by atoms with Crippen LogP contribution in [0.4, 0.5) is 4.79 Å². The summed E-state index contributed by atoms with van der Waals surface area (Å²) in [6, 6.07) is 7.22. The van der Waals surface area contributed by atoms with Crippen molar-refractivity contribution in [2.45, 2.75) is 19.9 Å². The highest BCUT2D eigenvalue weighted by Crippen LogP contribution is 2.17. The maximum Gasteiger partial charge on any atom is 0.281 e. The molecule has 1 aromatic carbocycles. The van der Waals surface area contributed by atoms with Crippen LogP contribution in [-0.4, -0.2) is 58.8 Å². The SMILES string of the molecule is CCN(CC(=O)NCc1ccc(Cl)cc1)C(=O)CCN1CCSC1=O. The van der Waals surface area contributed by atoms with Gasteiger partial charge in [0.25, 0.3) is 5.24 Å². The minimum Gasteiger partial charge on any atom is -0.350 e. The number of benzene rings is 1. The molecule has 2 rings (SSSR count). The van der Waals surface area contributed by atoms with E-state index in [4.69, 9.17) is 11.6 Å². The number of nitrogens with one attached hydrogen (secondary N) is 1. The summed E-state index contributed by atoms with van der Waals surface area (Å²) in [6.45, 7) is 3.79. The molecule has 0 unspecified atom stereocenters. The summed E-state index contributed by atoms with van der Waals surface area (Å²) in [6.07, 6.45) is 0.241. The van der Waals surface area contributed by atoms with E-state index in [0.29, 0.717) is 31.2 Å². The van der Waals surface area contributed by atoms with E-state index in [1.807, 2.05) is 19.1 Å². The standard InChI is InChI=1S/C17H22ClN3O3S/c1-2-20(16(23)7-8-21-9-10-25-17(21)24)12-15(22)19-11-13-3-5-14(18)6-4-13/h3-6H,2,7-12H2,1H3,(H,19,22). The van der Waals surface area contributed by atoms with Crippen LogP contribution in [0.25, 0.3) is 0 Å². The Bertz CT molecular complexity index is 624. The summed E-state index contributed by atoms with van der Waals surface area (Å²) in [5, 5.41) is 3.47. The van der Waals surface area contributed by atoms with E-state index in [-0.39, 0.29) is 30.0 Å². The van der Waals surface area contributed by atoms with Crippen molar-refractivity contribution in [3.63, 3.8) is 0 Å². The number of carbonyl (C=O) groups excluding carboxylic acids is 3. The van der Waals surface area contributed by atoms with Crippen LogP contribution in [0, 0.1) is 0 Å². The molecular formula is C17H22ClN3O3S. The maximum atomic E-state index is 12.3. The Morgan fingerprint density at radius 1 is 1.32 bits per heavy atom. The van der Waals surface area contributed by atoms with Crippen molar-refractivity contribution in [2.24, 2.45) is 0 Å². The first kappa shape index (κ1) is 19.6. The predicted molar refractivity (Wildman–Crippen MR) is 99.6 cm³/mol. The molecule has 1 aromatic rings. The summed E-state index contributed by atoms with van der Waals surface area (Å²) >= 11 is 7.10. The fourth-order valence-corrected chi connectivity index (χ4v) is 3.40. The summed E-state index contributed by atoms with van der Waals surface area (Å²) in [7, 11) is 0. The van der Waals surface area contributed by atoms with Crippen molar-refractivity contribution < 1.29 is 14.4 Å². The van der Waals surface area contributed by atoms with Gasteiger partial charge in [0, 0.05) is 43.4 Å². The number of nitrogens with zero attached hydrogens (tertiary/aromatic N) is 2. The summed E-state index contributed by atoms with van der Waals surface area (Å²) in [5.41, 5.74) is 0.942. The molecule has 0 bridgehead atoms. The molecule has 6 nitrogen and oxygen atoms in total. The number of halogens is 1. The van der Waals surface area contributed by atoms with Gasteiger partial charge in [-0.15, -0.1) is 0 Å². The number of carbonyl (C=O) groups is 3. The van der Waals surface area contributed by atoms with Crippen LogP contribution in [-0.2, 0) is 16.1 Å². The van der Waals surface area contributed by atoms with E-state index in [0.717, 1.165) is 11.3 Å². The molecule has 0 saturated carbocycles. The van der Waals surface area contributed by atoms with Crippen LogP contribution in [0.15, 0.2) is 24.3 Å². The third-order valence-corrected chi connectivity index (χ3v) is 5.06. The lowest BCUT2D eigenvalue weighted by atomic mass is 10.2. The van der Waals surface area contributed by atoms with Gasteiger partial charge in [-0.3, -0.25) is 14.4 Å². The highest BCUT2D eigenvalue weighted by Gasteiger charge is 2.23. The molecular weight excluding hydrogens is 362 g/mol. The minimum atomic E-state index is -0.210. The Labute approximate surface area is 156 Å². The second kappa shape index (κ2) is 9.68. The highest BCUT2D eigenvalue weighted by molar-refractivity contribution is 8.13. The van der Waals surface area contributed by atoms with Crippen LogP contribution in [0.5, 0.6) is 0 Å². The first-order valence-electron chi connectivity index (χ1n) is 8.20. The van der Waals surface area contributed by atoms with Crippen LogP contribution in [0.3, 0.4) is 0 Å². The van der Waals surface area contributed by atoms with Gasteiger partial charge in [0.05, 0.1) is 6.54 Å². The molecule has 1 aliphatic rings. The van der Waals surface area contributed by atoms with E-state index in [9.17, 15) is 14.4 Å². The summed E-state index contributed by atoms with van der Waals surface area (Å²) < 4.78 is 0. The zero-order valence-electron chi connectivity index (χ0n) is 14.2. The third-order valence-electron chi connectivity index (χ3n) is 3.91. The largest absolute Gasteiger partial charge is 0.350 e. The van der Waals surface area contributed by atoms with Crippen molar-refractivity contribution in [3.8, 4) is 0 Å². The van der Waals surface area contributed by atoms with Gasteiger partial charge < -0.3 is 15.1 Å². The normalized spacial score (nSPS) is 13.8. The molecule has 1 saturated heterocycles. The number of rotatable bonds is 8. The van der Waals surface area contributed by atoms with Crippen LogP contribution >= 0.6 is 23.4 Å². The zero-order chi connectivity index (χ0) is 18.2. The van der Waals surface area contributed by atoms with Gasteiger partial charge in [-0.1, -0.05) is 35.5 Å². The molecule has 25 heavy (non-hydrogen) atoms. The highest BCUT2D eigenvalue weighted by atomic mass is 35.5. The number of thioether (sulfide) groups is 1. The fourth-order valence-electron chi connectivity index (χ4n) is 2.43. The first-order valence-corrected chi connectivity index (χ1v) is 9.56. The molecule has 0 spiro atoms. The molecule has 0 aliphatic carbocycles. The minimum absolute atomic E-state index is 0.0195. The Hall–Kier alpha value is -1.73. The number of amides is 3. The summed E-state index contributed by atoms with van der Waals surface area (Å²) in [5.74, 6) is 0.448. The van der Waals surface area contributed by atoms with Crippen molar-refractivity contribution >= 4 is 40.4 Å². The second-order valence-electron chi connectivity index (χ2n) is 5.66. The van der Waals surface area contributed by atoms with Gasteiger partial charge in [0.15, 0.2) is 0 Å². The van der Waals surface area contributed by atoms with Crippen molar-refractivity contribution in [2.75, 3.05) is 31.9 Å². The third kappa shape index (κ3) is 6.25. The Kier molecular flexibility index (Phi) is 7.58. The fraction of sp³-hybridized carbons (Fsp3) is 0.471. The van der Waals surface area contributed by atoms with E-state index >= 15 is 0 Å². The van der Waals surface area contributed by atoms with Crippen LogP contribution < -0.4 is 5.32 Å². The average Bonchev–Trinajstić information content (AvgIpc) is 3.02. The van der Waals surface area contributed by atoms with E-state index < -0.39 is 0 Å². The summed E-state index contributed by atoms with van der Waals surface area (Å²) in [4.78, 5) is 39.1. The first-order chi connectivity index (χ1) is 12.0. The predicted octanol–water partition coefficient (Wildman–Crippen LogP) is 2.36. The quantitative estimate of drug-likeness (QED) is 0.748. The lowest BCUT2D eigenvalue weighted by molar-refractivity contribution is -0.136. The molecule has 1 fully saturated rings. The van der Waals surface area contributed by atoms with Crippen molar-refractivity contribution in [1.82, 2.24) is 15.1 Å². The topological polar surface area (TPSA) is 69.7 Å². The van der Waals surface area contributed by atoms with E-state index in [1.165, 1.54) is 16.7 Å². The average molecular weight is 384 g/mol. The smallest absolute Gasteiger partial charge is 0.281 e. The molecule has 0 aromatic heterocycles. The lowest BCUT2D eigenvalue weighted by Crippen LogP contribution is -2.41. The van der Waals surface area contributed by atoms with E-state index in [2.05, 4.69) is 5.32 Å². The molecule has 8 heteroatoms. The van der Waals surface area contributed by atoms with Crippen LogP contribution in [0.2, 0.25) is 5.02 Å². The molecule has 136 valence electrons. The maximum absolute atomic E-state index is 12.3. The molecule has 0 radical (unpaired) electrons. The van der Waals surface area contributed by atoms with Gasteiger partial charge in [0.2, 0.25) is 11.8 Å². The molecule has 3 amide bonds. The molecule has 1 N–H and O–H groups in total. The Morgan fingerprint density at radius 2 is 2.04 bits per heavy atom. The number of likely N-dealkylation sites (N-methyl/N-ethyl adjacent to an activating group) is 1. The zero-order valence-corrected chi connectivity index (χ0v) is 15.7.